The molecule has 1 atom stereocenters. The molecular formula is C18H33N3O5. The van der Waals surface area contributed by atoms with Crippen molar-refractivity contribution in [1.29, 1.82) is 0 Å². The van der Waals surface area contributed by atoms with Crippen LogP contribution in [0.4, 0.5) is 0 Å². The smallest absolute Gasteiger partial charge is 0.223 e. The fourth-order valence-electron chi connectivity index (χ4n) is 1.80. The molecule has 0 aliphatic rings. The lowest BCUT2D eigenvalue weighted by Crippen LogP contribution is -2.29. The summed E-state index contributed by atoms with van der Waals surface area (Å²) in [7, 11) is 0. The number of ketones is 1. The van der Waals surface area contributed by atoms with Crippen molar-refractivity contribution in [3.05, 3.63) is 0 Å². The minimum atomic E-state index is -0.309. The first kappa shape index (κ1) is 24.0. The first-order valence-electron chi connectivity index (χ1n) is 9.22. The van der Waals surface area contributed by atoms with E-state index in [1.807, 2.05) is 0 Å². The number of unbranched alkanes of at least 4 members (excludes halogenated alkanes) is 2. The van der Waals surface area contributed by atoms with E-state index in [1.165, 1.54) is 6.92 Å². The summed E-state index contributed by atoms with van der Waals surface area (Å²) in [6.07, 6.45) is 5.23. The molecule has 0 bridgehead atoms. The van der Waals surface area contributed by atoms with Gasteiger partial charge in [-0.3, -0.25) is 14.4 Å². The molecule has 0 heterocycles. The molecule has 1 unspecified atom stereocenters. The van der Waals surface area contributed by atoms with E-state index in [0.717, 1.165) is 45.1 Å². The molecule has 0 aliphatic heterocycles. The molecule has 0 saturated heterocycles. The van der Waals surface area contributed by atoms with Crippen LogP contribution in [0.5, 0.6) is 0 Å². The van der Waals surface area contributed by atoms with Crippen molar-refractivity contribution in [2.24, 2.45) is 11.1 Å². The van der Waals surface area contributed by atoms with Gasteiger partial charge in [0.15, 0.2) is 12.5 Å². The molecule has 2 N–H and O–H groups in total. The quantitative estimate of drug-likeness (QED) is 0.186. The summed E-state index contributed by atoms with van der Waals surface area (Å²) in [5.41, 5.74) is 0. The predicted octanol–water partition coefficient (Wildman–Crippen LogP) is 1.78. The normalized spacial score (nSPS) is 12.0. The van der Waals surface area contributed by atoms with Crippen LogP contribution in [-0.2, 0) is 24.0 Å². The summed E-state index contributed by atoms with van der Waals surface area (Å²) in [6.45, 7) is 7.70. The number of Topliss-reactive ketones (excluding diaryl/α,β-unsaturated/α-hetero) is 1. The molecule has 8 nitrogen and oxygen atoms in total. The molecule has 8 heteroatoms. The molecule has 0 spiro atoms. The van der Waals surface area contributed by atoms with Gasteiger partial charge in [0.25, 0.3) is 0 Å². The third kappa shape index (κ3) is 16.9. The van der Waals surface area contributed by atoms with Crippen molar-refractivity contribution in [2.45, 2.75) is 59.3 Å². The first-order chi connectivity index (χ1) is 12.5. The Morgan fingerprint density at radius 1 is 1.08 bits per heavy atom. The molecule has 0 radical (unpaired) electrons. The van der Waals surface area contributed by atoms with Crippen LogP contribution < -0.4 is 10.6 Å². The molecular weight excluding hydrogens is 338 g/mol. The van der Waals surface area contributed by atoms with E-state index in [1.54, 1.807) is 0 Å². The average Bonchev–Trinajstić information content (AvgIpc) is 2.61. The second kappa shape index (κ2) is 16.5. The van der Waals surface area contributed by atoms with Gasteiger partial charge in [-0.25, -0.2) is 0 Å². The molecule has 0 aromatic heterocycles. The lowest BCUT2D eigenvalue weighted by atomic mass is 10.1. The second-order valence-electron chi connectivity index (χ2n) is 6.22. The Balaban J connectivity index is 3.45. The van der Waals surface area contributed by atoms with E-state index in [9.17, 15) is 14.4 Å². The number of hydrogen-bond donors (Lipinski definition) is 2. The van der Waals surface area contributed by atoms with Crippen molar-refractivity contribution >= 4 is 23.8 Å². The number of amides is 2. The van der Waals surface area contributed by atoms with Gasteiger partial charge in [0, 0.05) is 39.5 Å². The minimum absolute atomic E-state index is 0.0784. The standard InChI is InChI=1S/C18H33N3O5/c1-4-15(2)13-25-11-7-5-6-10-19-17(23)8-9-18(24)20-14-26-21-12-16(3)22/h12,15H,4-11,13-14H2,1-3H3,(H,19,23)(H,20,24)/b21-12-. The molecule has 0 rings (SSSR count). The number of rotatable bonds is 16. The molecule has 0 aliphatic carbocycles. The third-order valence-electron chi connectivity index (χ3n) is 3.61. The maximum Gasteiger partial charge on any atom is 0.223 e. The van der Waals surface area contributed by atoms with Gasteiger partial charge in [-0.1, -0.05) is 25.4 Å². The highest BCUT2D eigenvalue weighted by Gasteiger charge is 2.06. The summed E-state index contributed by atoms with van der Waals surface area (Å²) >= 11 is 0. The number of hydrogen-bond acceptors (Lipinski definition) is 6. The van der Waals surface area contributed by atoms with Crippen LogP contribution in [0, 0.1) is 5.92 Å². The van der Waals surface area contributed by atoms with Crippen molar-refractivity contribution in [3.63, 3.8) is 0 Å². The summed E-state index contributed by atoms with van der Waals surface area (Å²) in [6, 6.07) is 0. The van der Waals surface area contributed by atoms with Crippen LogP contribution in [0.25, 0.3) is 0 Å². The lowest BCUT2D eigenvalue weighted by Gasteiger charge is -2.09. The van der Waals surface area contributed by atoms with Gasteiger partial charge in [0.2, 0.25) is 11.8 Å². The van der Waals surface area contributed by atoms with E-state index >= 15 is 0 Å². The van der Waals surface area contributed by atoms with Crippen LogP contribution in [0.1, 0.15) is 59.3 Å². The molecule has 26 heavy (non-hydrogen) atoms. The number of nitrogens with one attached hydrogen (secondary N) is 2. The zero-order valence-electron chi connectivity index (χ0n) is 16.2. The van der Waals surface area contributed by atoms with Crippen LogP contribution in [0.2, 0.25) is 0 Å². The molecule has 0 aromatic rings. The first-order valence-corrected chi connectivity index (χ1v) is 9.22. The number of carbonyl (C=O) groups excluding carboxylic acids is 3. The lowest BCUT2D eigenvalue weighted by molar-refractivity contribution is -0.127. The fourth-order valence-corrected chi connectivity index (χ4v) is 1.80. The molecule has 0 saturated carbocycles. The zero-order chi connectivity index (χ0) is 19.6. The highest BCUT2D eigenvalue weighted by molar-refractivity contribution is 6.26. The maximum atomic E-state index is 11.6. The van der Waals surface area contributed by atoms with Crippen LogP contribution in [-0.4, -0.2) is 50.3 Å². The molecule has 0 aromatic carbocycles. The highest BCUT2D eigenvalue weighted by Crippen LogP contribution is 2.02. The monoisotopic (exact) mass is 371 g/mol. The average molecular weight is 371 g/mol. The molecule has 2 amide bonds. The minimum Gasteiger partial charge on any atom is -0.381 e. The maximum absolute atomic E-state index is 11.6. The van der Waals surface area contributed by atoms with E-state index in [-0.39, 0.29) is 37.2 Å². The topological polar surface area (TPSA) is 106 Å². The van der Waals surface area contributed by atoms with Gasteiger partial charge in [0.1, 0.15) is 6.21 Å². The summed E-state index contributed by atoms with van der Waals surface area (Å²) in [5, 5.41) is 8.58. The fraction of sp³-hybridized carbons (Fsp3) is 0.778. The van der Waals surface area contributed by atoms with Gasteiger partial charge < -0.3 is 20.2 Å². The van der Waals surface area contributed by atoms with Crippen LogP contribution in [0.3, 0.4) is 0 Å². The Morgan fingerprint density at radius 2 is 1.77 bits per heavy atom. The highest BCUT2D eigenvalue weighted by atomic mass is 16.6. The van der Waals surface area contributed by atoms with Gasteiger partial charge in [-0.15, -0.1) is 0 Å². The third-order valence-corrected chi connectivity index (χ3v) is 3.61. The number of oxime groups is 1. The van der Waals surface area contributed by atoms with Gasteiger partial charge >= 0.3 is 0 Å². The Morgan fingerprint density at radius 3 is 2.42 bits per heavy atom. The van der Waals surface area contributed by atoms with Crippen molar-refractivity contribution in [1.82, 2.24) is 10.6 Å². The SMILES string of the molecule is CCC(C)COCCCCCNC(=O)CCC(=O)NCO/N=C\C(C)=O. The van der Waals surface area contributed by atoms with Crippen molar-refractivity contribution < 1.29 is 24.0 Å². The summed E-state index contributed by atoms with van der Waals surface area (Å²) < 4.78 is 5.57. The predicted molar refractivity (Wildman–Crippen MR) is 99.6 cm³/mol. The number of ether oxygens (including phenoxy) is 1. The van der Waals surface area contributed by atoms with Crippen LogP contribution in [0.15, 0.2) is 5.16 Å². The van der Waals surface area contributed by atoms with Gasteiger partial charge in [0.05, 0.1) is 0 Å². The molecule has 150 valence electrons. The largest absolute Gasteiger partial charge is 0.381 e. The number of carbonyl (C=O) groups is 3. The Hall–Kier alpha value is -1.96. The summed E-state index contributed by atoms with van der Waals surface area (Å²) in [4.78, 5) is 38.3. The van der Waals surface area contributed by atoms with Gasteiger partial charge in [-0.05, 0) is 25.2 Å². The van der Waals surface area contributed by atoms with E-state index in [0.29, 0.717) is 12.5 Å². The second-order valence-corrected chi connectivity index (χ2v) is 6.22. The Kier molecular flexibility index (Phi) is 15.3. The summed E-state index contributed by atoms with van der Waals surface area (Å²) in [5.74, 6) is -0.0988. The van der Waals surface area contributed by atoms with Crippen LogP contribution >= 0.6 is 0 Å². The van der Waals surface area contributed by atoms with E-state index in [2.05, 4.69) is 34.5 Å². The zero-order valence-corrected chi connectivity index (χ0v) is 16.2. The van der Waals surface area contributed by atoms with E-state index in [4.69, 9.17) is 4.74 Å². The van der Waals surface area contributed by atoms with Crippen molar-refractivity contribution in [3.8, 4) is 0 Å². The Labute approximate surface area is 156 Å². The van der Waals surface area contributed by atoms with E-state index < -0.39 is 0 Å². The number of nitrogens with zero attached hydrogens (tertiary/aromatic N) is 1. The molecule has 0 fully saturated rings. The Bertz CT molecular complexity index is 441. The van der Waals surface area contributed by atoms with Gasteiger partial charge in [-0.2, -0.15) is 0 Å². The van der Waals surface area contributed by atoms with Crippen molar-refractivity contribution in [2.75, 3.05) is 26.5 Å².